The number of esters is 2. The number of benzene rings is 2. The topological polar surface area (TPSA) is 163 Å². The SMILES string of the molecule is CC(=O)OC[C@H]1O[C@@H](n2cc(F)c(=O)n(C(=O)c3ccc(C(=O)Oc4cc(=O)n(C5CCCO5)cc4Cl)cc3)c2=O)C[C@@H]1OCc1ccccc1. The lowest BCUT2D eigenvalue weighted by atomic mass is 10.1. The summed E-state index contributed by atoms with van der Waals surface area (Å²) in [5.74, 6) is -4.26. The lowest BCUT2D eigenvalue weighted by Gasteiger charge is -2.18. The van der Waals surface area contributed by atoms with Crippen molar-refractivity contribution >= 4 is 29.4 Å². The van der Waals surface area contributed by atoms with Crippen LogP contribution in [0, 0.1) is 5.82 Å². The minimum absolute atomic E-state index is 0.00502. The van der Waals surface area contributed by atoms with E-state index in [1.165, 1.54) is 29.8 Å². The summed E-state index contributed by atoms with van der Waals surface area (Å²) in [5.41, 5.74) is -2.62. The molecule has 2 aliphatic rings. The van der Waals surface area contributed by atoms with Gasteiger partial charge in [0.1, 0.15) is 25.2 Å². The van der Waals surface area contributed by atoms with E-state index in [1.54, 1.807) is 0 Å². The van der Waals surface area contributed by atoms with Gasteiger partial charge in [-0.3, -0.25) is 28.3 Å². The van der Waals surface area contributed by atoms with Crippen molar-refractivity contribution in [3.63, 3.8) is 0 Å². The summed E-state index contributed by atoms with van der Waals surface area (Å²) < 4.78 is 45.1. The molecule has 51 heavy (non-hydrogen) atoms. The second kappa shape index (κ2) is 15.3. The number of hydrogen-bond donors (Lipinski definition) is 0. The van der Waals surface area contributed by atoms with Crippen LogP contribution in [0.5, 0.6) is 5.75 Å². The third-order valence-electron chi connectivity index (χ3n) is 8.31. The fourth-order valence-electron chi connectivity index (χ4n) is 5.73. The quantitative estimate of drug-likeness (QED) is 0.220. The Kier molecular flexibility index (Phi) is 10.7. The molecule has 2 fully saturated rings. The summed E-state index contributed by atoms with van der Waals surface area (Å²) in [6.07, 6.45) is 0.161. The van der Waals surface area contributed by atoms with Crippen molar-refractivity contribution < 1.29 is 42.5 Å². The molecule has 0 N–H and O–H groups in total. The Morgan fingerprint density at radius 3 is 2.37 bits per heavy atom. The van der Waals surface area contributed by atoms with E-state index in [4.69, 9.17) is 35.3 Å². The zero-order valence-electron chi connectivity index (χ0n) is 27.1. The Balaban J connectivity index is 1.19. The first-order valence-corrected chi connectivity index (χ1v) is 16.3. The van der Waals surface area contributed by atoms with Crippen molar-refractivity contribution in [3.8, 4) is 5.75 Å². The predicted molar refractivity (Wildman–Crippen MR) is 176 cm³/mol. The number of pyridine rings is 1. The van der Waals surface area contributed by atoms with Crippen LogP contribution in [0.25, 0.3) is 0 Å². The number of rotatable bonds is 10. The number of ether oxygens (including phenoxy) is 5. The maximum atomic E-state index is 15.0. The Bertz CT molecular complexity index is 2130. The van der Waals surface area contributed by atoms with Crippen molar-refractivity contribution in [2.24, 2.45) is 0 Å². The van der Waals surface area contributed by atoms with Crippen molar-refractivity contribution in [1.82, 2.24) is 13.7 Å². The van der Waals surface area contributed by atoms with E-state index in [1.807, 2.05) is 30.3 Å². The molecule has 2 saturated heterocycles. The molecule has 16 heteroatoms. The molecule has 0 radical (unpaired) electrons. The summed E-state index contributed by atoms with van der Waals surface area (Å²) in [6.45, 7) is 1.66. The van der Waals surface area contributed by atoms with Crippen molar-refractivity contribution in [2.45, 2.75) is 57.5 Å². The summed E-state index contributed by atoms with van der Waals surface area (Å²) in [7, 11) is 0. The lowest BCUT2D eigenvalue weighted by Crippen LogP contribution is -2.46. The normalized spacial score (nSPS) is 19.9. The van der Waals surface area contributed by atoms with Crippen LogP contribution in [0.2, 0.25) is 5.02 Å². The first-order valence-electron chi connectivity index (χ1n) is 15.9. The van der Waals surface area contributed by atoms with E-state index in [0.717, 1.165) is 34.8 Å². The number of carbonyl (C=O) groups is 3. The molecule has 2 aliphatic heterocycles. The van der Waals surface area contributed by atoms with Crippen LogP contribution in [0.4, 0.5) is 4.39 Å². The molecule has 0 saturated carbocycles. The highest BCUT2D eigenvalue weighted by Gasteiger charge is 2.39. The zero-order valence-corrected chi connectivity index (χ0v) is 27.8. The maximum Gasteiger partial charge on any atom is 0.343 e. The molecule has 0 aliphatic carbocycles. The van der Waals surface area contributed by atoms with E-state index in [-0.39, 0.29) is 46.1 Å². The van der Waals surface area contributed by atoms with Gasteiger partial charge < -0.3 is 23.7 Å². The van der Waals surface area contributed by atoms with Gasteiger partial charge in [-0.15, -0.1) is 0 Å². The molecule has 6 rings (SSSR count). The van der Waals surface area contributed by atoms with E-state index in [9.17, 15) is 28.8 Å². The number of carbonyl (C=O) groups excluding carboxylic acids is 3. The molecular weight excluding hydrogens is 693 g/mol. The van der Waals surface area contributed by atoms with Crippen molar-refractivity contribution in [1.29, 1.82) is 0 Å². The third kappa shape index (κ3) is 7.91. The van der Waals surface area contributed by atoms with Gasteiger partial charge in [-0.1, -0.05) is 41.9 Å². The standard InChI is InChI=1S/C35H31ClFN3O11/c1-20(41)48-19-28-27(49-18-21-6-3-2-4-7-21)15-31(50-28)39-17-25(37)33(44)40(35(39)46)32(43)22-9-11-23(12-10-22)34(45)51-26-14-29(42)38(16-24(26)36)30-8-5-13-47-30/h2-4,6-7,9-12,14,16-17,27-28,30-31H,5,8,13,15,18-19H2,1H3/t27-,28+,30?,31+/m0/s1. The Morgan fingerprint density at radius 1 is 0.961 bits per heavy atom. The molecule has 1 unspecified atom stereocenters. The maximum absolute atomic E-state index is 15.0. The molecule has 14 nitrogen and oxygen atoms in total. The first kappa shape index (κ1) is 35.6. The molecule has 0 bridgehead atoms. The second-order valence-corrected chi connectivity index (χ2v) is 12.2. The molecule has 2 aromatic heterocycles. The Labute approximate surface area is 293 Å². The summed E-state index contributed by atoms with van der Waals surface area (Å²) >= 11 is 6.27. The second-order valence-electron chi connectivity index (χ2n) is 11.8. The number of halogens is 2. The summed E-state index contributed by atoms with van der Waals surface area (Å²) in [6, 6.07) is 14.9. The molecule has 0 spiro atoms. The largest absolute Gasteiger partial charge is 0.463 e. The molecule has 4 atom stereocenters. The molecule has 4 aromatic rings. The summed E-state index contributed by atoms with van der Waals surface area (Å²) in [4.78, 5) is 76.8. The highest BCUT2D eigenvalue weighted by atomic mass is 35.5. The smallest absolute Gasteiger partial charge is 0.343 e. The van der Waals surface area contributed by atoms with Crippen LogP contribution < -0.4 is 21.5 Å². The van der Waals surface area contributed by atoms with Gasteiger partial charge in [-0.05, 0) is 42.7 Å². The first-order chi connectivity index (χ1) is 24.5. The van der Waals surface area contributed by atoms with Gasteiger partial charge in [0.05, 0.1) is 29.5 Å². The van der Waals surface area contributed by atoms with Gasteiger partial charge in [-0.25, -0.2) is 9.59 Å². The fourth-order valence-corrected chi connectivity index (χ4v) is 5.92. The molecule has 4 heterocycles. The lowest BCUT2D eigenvalue weighted by molar-refractivity contribution is -0.148. The highest BCUT2D eigenvalue weighted by molar-refractivity contribution is 6.32. The van der Waals surface area contributed by atoms with Gasteiger partial charge in [-0.2, -0.15) is 8.96 Å². The molecule has 0 amide bonds. The number of hydrogen-bond acceptors (Lipinski definition) is 11. The highest BCUT2D eigenvalue weighted by Crippen LogP contribution is 2.31. The van der Waals surface area contributed by atoms with Crippen LogP contribution >= 0.6 is 11.6 Å². The van der Waals surface area contributed by atoms with E-state index < -0.39 is 65.1 Å². The van der Waals surface area contributed by atoms with Gasteiger partial charge in [0.15, 0.2) is 5.75 Å². The average Bonchev–Trinajstić information content (AvgIpc) is 3.81. The molecular formula is C35H31ClFN3O11. The average molecular weight is 724 g/mol. The van der Waals surface area contributed by atoms with E-state index in [2.05, 4.69) is 0 Å². The van der Waals surface area contributed by atoms with E-state index in [0.29, 0.717) is 19.2 Å². The van der Waals surface area contributed by atoms with Crippen LogP contribution in [0.3, 0.4) is 0 Å². The summed E-state index contributed by atoms with van der Waals surface area (Å²) in [5, 5.41) is -0.00924. The minimum Gasteiger partial charge on any atom is -0.463 e. The monoisotopic (exact) mass is 723 g/mol. The van der Waals surface area contributed by atoms with Crippen molar-refractivity contribution in [3.05, 3.63) is 132 Å². The fraction of sp³-hybridized carbons (Fsp3) is 0.314. The van der Waals surface area contributed by atoms with E-state index >= 15 is 4.39 Å². The number of aromatic nitrogens is 3. The van der Waals surface area contributed by atoms with Gasteiger partial charge in [0, 0.05) is 37.8 Å². The van der Waals surface area contributed by atoms with Crippen LogP contribution in [0.15, 0.2) is 87.4 Å². The Morgan fingerprint density at radius 2 is 1.69 bits per heavy atom. The van der Waals surface area contributed by atoms with Gasteiger partial charge >= 0.3 is 17.6 Å². The van der Waals surface area contributed by atoms with Crippen LogP contribution in [0.1, 0.15) is 64.9 Å². The number of nitrogens with zero attached hydrogens (tertiary/aromatic N) is 3. The minimum atomic E-state index is -1.50. The molecule has 266 valence electrons. The predicted octanol–water partition coefficient (Wildman–Crippen LogP) is 3.62. The van der Waals surface area contributed by atoms with Crippen molar-refractivity contribution in [2.75, 3.05) is 13.2 Å². The molecule has 2 aromatic carbocycles. The van der Waals surface area contributed by atoms with Gasteiger partial charge in [0.25, 0.3) is 17.0 Å². The van der Waals surface area contributed by atoms with Gasteiger partial charge in [0.2, 0.25) is 5.82 Å². The zero-order chi connectivity index (χ0) is 36.2. The van der Waals surface area contributed by atoms with Crippen LogP contribution in [-0.2, 0) is 30.3 Å². The Hall–Kier alpha value is -5.22. The van der Waals surface area contributed by atoms with Crippen LogP contribution in [-0.4, -0.2) is 57.0 Å². The third-order valence-corrected chi connectivity index (χ3v) is 8.59.